The minimum absolute atomic E-state index is 0.140. The average molecular weight is 493 g/mol. The summed E-state index contributed by atoms with van der Waals surface area (Å²) < 4.78 is 48.1. The molecular weight excluding hydrogens is 465 g/mol. The maximum Gasteiger partial charge on any atom is 0.165 e. The summed E-state index contributed by atoms with van der Waals surface area (Å²) in [5, 5.41) is 4.00. The molecule has 2 unspecified atom stereocenters. The molecule has 2 N–H and O–H groups in total. The molecular formula is C28H27F3N4O. The molecule has 4 aromatic rings. The predicted molar refractivity (Wildman–Crippen MR) is 133 cm³/mol. The molecule has 0 saturated heterocycles. The van der Waals surface area contributed by atoms with E-state index >= 15 is 0 Å². The van der Waals surface area contributed by atoms with Gasteiger partial charge in [0.15, 0.2) is 17.4 Å². The van der Waals surface area contributed by atoms with Gasteiger partial charge in [-0.1, -0.05) is 6.92 Å². The number of halogens is 3. The molecule has 186 valence electrons. The van der Waals surface area contributed by atoms with Crippen LogP contribution in [0.2, 0.25) is 0 Å². The van der Waals surface area contributed by atoms with Crippen LogP contribution in [0.15, 0.2) is 42.6 Å². The van der Waals surface area contributed by atoms with Crippen molar-refractivity contribution in [2.24, 2.45) is 17.8 Å². The molecule has 36 heavy (non-hydrogen) atoms. The zero-order chi connectivity index (χ0) is 25.0. The molecule has 3 aliphatic carbocycles. The summed E-state index contributed by atoms with van der Waals surface area (Å²) in [6, 6.07) is 8.85. The van der Waals surface area contributed by atoms with Gasteiger partial charge < -0.3 is 15.0 Å². The number of anilines is 1. The summed E-state index contributed by atoms with van der Waals surface area (Å²) in [4.78, 5) is 12.3. The Labute approximate surface area is 207 Å². The van der Waals surface area contributed by atoms with Crippen LogP contribution in [0.25, 0.3) is 33.5 Å². The molecule has 5 nitrogen and oxygen atoms in total. The Balaban J connectivity index is 1.47. The minimum Gasteiger partial charge on any atom is -0.494 e. The third kappa shape index (κ3) is 3.88. The first kappa shape index (κ1) is 22.9. The molecule has 2 aromatic heterocycles. The lowest BCUT2D eigenvalue weighted by Gasteiger charge is -2.47. The second kappa shape index (κ2) is 8.84. The van der Waals surface area contributed by atoms with Crippen molar-refractivity contribution in [2.45, 2.75) is 38.6 Å². The zero-order valence-electron chi connectivity index (χ0n) is 20.1. The maximum absolute atomic E-state index is 14.6. The molecule has 3 aliphatic rings. The van der Waals surface area contributed by atoms with E-state index in [9.17, 15) is 13.2 Å². The highest BCUT2D eigenvalue weighted by Gasteiger charge is 2.41. The van der Waals surface area contributed by atoms with Gasteiger partial charge in [0.2, 0.25) is 0 Å². The first-order valence-corrected chi connectivity index (χ1v) is 12.4. The van der Waals surface area contributed by atoms with Crippen LogP contribution in [0.1, 0.15) is 32.6 Å². The number of benzene rings is 2. The topological polar surface area (TPSA) is 62.8 Å². The fourth-order valence-electron chi connectivity index (χ4n) is 6.13. The summed E-state index contributed by atoms with van der Waals surface area (Å²) in [5.41, 5.74) is 1.71. The van der Waals surface area contributed by atoms with Crippen LogP contribution in [0.3, 0.4) is 0 Å². The molecule has 0 spiro atoms. The molecule has 7 rings (SSSR count). The Kier molecular flexibility index (Phi) is 5.62. The van der Waals surface area contributed by atoms with Crippen molar-refractivity contribution in [1.82, 2.24) is 15.0 Å². The van der Waals surface area contributed by atoms with Crippen LogP contribution < -0.4 is 10.1 Å². The first-order chi connectivity index (χ1) is 17.4. The van der Waals surface area contributed by atoms with E-state index in [1.807, 2.05) is 6.07 Å². The van der Waals surface area contributed by atoms with Crippen LogP contribution >= 0.6 is 0 Å². The molecule has 0 radical (unpaired) electrons. The lowest BCUT2D eigenvalue weighted by molar-refractivity contribution is 0.0928. The Hall–Kier alpha value is -3.55. The van der Waals surface area contributed by atoms with Crippen molar-refractivity contribution in [2.75, 3.05) is 12.4 Å². The van der Waals surface area contributed by atoms with E-state index in [1.165, 1.54) is 44.9 Å². The number of methoxy groups -OCH3 is 1. The quantitative estimate of drug-likeness (QED) is 0.316. The smallest absolute Gasteiger partial charge is 0.165 e. The van der Waals surface area contributed by atoms with Gasteiger partial charge >= 0.3 is 0 Å². The number of ether oxygens (including phenoxy) is 1. The summed E-state index contributed by atoms with van der Waals surface area (Å²) in [5.74, 6) is 0.965. The van der Waals surface area contributed by atoms with Gasteiger partial charge in [-0.3, -0.25) is 0 Å². The van der Waals surface area contributed by atoms with Crippen LogP contribution in [0.5, 0.6) is 5.75 Å². The fourth-order valence-corrected chi connectivity index (χ4v) is 6.13. The largest absolute Gasteiger partial charge is 0.494 e. The van der Waals surface area contributed by atoms with Crippen molar-refractivity contribution >= 4 is 16.7 Å². The number of nitrogens with one attached hydrogen (secondary N) is 2. The number of aromatic amines is 1. The highest BCUT2D eigenvalue weighted by molar-refractivity contribution is 5.94. The van der Waals surface area contributed by atoms with Crippen LogP contribution in [0.4, 0.5) is 19.0 Å². The highest BCUT2D eigenvalue weighted by atomic mass is 19.1. The molecule has 2 bridgehead atoms. The second-order valence-electron chi connectivity index (χ2n) is 10.0. The normalized spacial score (nSPS) is 23.2. The fraction of sp³-hybridized carbons (Fsp3) is 0.357. The van der Waals surface area contributed by atoms with Crippen molar-refractivity contribution in [3.8, 4) is 28.4 Å². The van der Waals surface area contributed by atoms with Gasteiger partial charge in [-0.15, -0.1) is 0 Å². The van der Waals surface area contributed by atoms with E-state index in [0.29, 0.717) is 51.6 Å². The maximum atomic E-state index is 14.6. The van der Waals surface area contributed by atoms with Crippen LogP contribution in [-0.2, 0) is 0 Å². The van der Waals surface area contributed by atoms with E-state index in [1.54, 1.807) is 18.3 Å². The Morgan fingerprint density at radius 1 is 0.944 bits per heavy atom. The van der Waals surface area contributed by atoms with Crippen molar-refractivity contribution in [1.29, 1.82) is 0 Å². The van der Waals surface area contributed by atoms with Gasteiger partial charge in [-0.2, -0.15) is 0 Å². The third-order valence-electron chi connectivity index (χ3n) is 8.07. The van der Waals surface area contributed by atoms with Crippen molar-refractivity contribution < 1.29 is 17.9 Å². The summed E-state index contributed by atoms with van der Waals surface area (Å²) in [7, 11) is 1.41. The number of hydrogen-bond donors (Lipinski definition) is 2. The zero-order valence-corrected chi connectivity index (χ0v) is 20.1. The standard InChI is InChI=1S/C28H27F3N4O/c1-14-15-3-5-16(6-4-15)26(14)34-25-12-23(17-7-8-24(36-2)21(30)9-17)33-28(35-25)20-13-32-27-19(20)10-18(29)11-22(27)31/h7-16,26,32H,3-6H2,1-2H3,(H,33,34,35). The van der Waals surface area contributed by atoms with Gasteiger partial charge in [-0.05, 0) is 67.7 Å². The summed E-state index contributed by atoms with van der Waals surface area (Å²) in [6.45, 7) is 2.29. The second-order valence-corrected chi connectivity index (χ2v) is 10.0. The Morgan fingerprint density at radius 2 is 1.72 bits per heavy atom. The molecule has 0 aliphatic heterocycles. The number of rotatable bonds is 5. The molecule has 3 saturated carbocycles. The highest BCUT2D eigenvalue weighted by Crippen LogP contribution is 2.46. The van der Waals surface area contributed by atoms with E-state index in [-0.39, 0.29) is 17.3 Å². The lowest BCUT2D eigenvalue weighted by atomic mass is 9.62. The van der Waals surface area contributed by atoms with E-state index in [0.717, 1.165) is 6.07 Å². The number of fused-ring (bicyclic) bond motifs is 4. The number of nitrogens with zero attached hydrogens (tertiary/aromatic N) is 2. The van der Waals surface area contributed by atoms with Gasteiger partial charge in [0.05, 0.1) is 18.3 Å². The minimum atomic E-state index is -0.685. The van der Waals surface area contributed by atoms with E-state index in [4.69, 9.17) is 9.72 Å². The summed E-state index contributed by atoms with van der Waals surface area (Å²) in [6.07, 6.45) is 6.50. The SMILES string of the molecule is COc1ccc(-c2cc(NC3C4CCC(CC4)C3C)nc(-c3c[nH]c4c(F)cc(F)cc34)n2)cc1F. The van der Waals surface area contributed by atoms with Gasteiger partial charge in [0, 0.05) is 40.9 Å². The molecule has 8 heteroatoms. The Bertz CT molecular complexity index is 1440. The lowest BCUT2D eigenvalue weighted by Crippen LogP contribution is -2.47. The third-order valence-corrected chi connectivity index (χ3v) is 8.07. The number of H-pyrrole nitrogens is 1. The van der Waals surface area contributed by atoms with E-state index < -0.39 is 17.5 Å². The molecule has 3 fully saturated rings. The van der Waals surface area contributed by atoms with Crippen LogP contribution in [-0.4, -0.2) is 28.1 Å². The molecule has 2 heterocycles. The van der Waals surface area contributed by atoms with Crippen LogP contribution in [0, 0.1) is 35.2 Å². The number of aromatic nitrogens is 3. The predicted octanol–water partition coefficient (Wildman–Crippen LogP) is 6.95. The van der Waals surface area contributed by atoms with Gasteiger partial charge in [0.1, 0.15) is 17.5 Å². The number of hydrogen-bond acceptors (Lipinski definition) is 4. The van der Waals surface area contributed by atoms with Crippen molar-refractivity contribution in [3.63, 3.8) is 0 Å². The first-order valence-electron chi connectivity index (χ1n) is 12.4. The Morgan fingerprint density at radius 3 is 2.44 bits per heavy atom. The van der Waals surface area contributed by atoms with Gasteiger partial charge in [-0.25, -0.2) is 23.1 Å². The monoisotopic (exact) mass is 492 g/mol. The molecule has 0 amide bonds. The molecule has 2 aromatic carbocycles. The molecule has 2 atom stereocenters. The van der Waals surface area contributed by atoms with Gasteiger partial charge in [0.25, 0.3) is 0 Å². The average Bonchev–Trinajstić information content (AvgIpc) is 3.30. The summed E-state index contributed by atoms with van der Waals surface area (Å²) >= 11 is 0. The van der Waals surface area contributed by atoms with E-state index in [2.05, 4.69) is 22.2 Å². The van der Waals surface area contributed by atoms with Crippen molar-refractivity contribution in [3.05, 3.63) is 60.0 Å².